The van der Waals surface area contributed by atoms with Crippen molar-refractivity contribution in [2.75, 3.05) is 6.79 Å². The van der Waals surface area contributed by atoms with Gasteiger partial charge in [0, 0.05) is 5.56 Å². The van der Waals surface area contributed by atoms with Crippen LogP contribution in [-0.4, -0.2) is 6.79 Å². The molecule has 0 saturated carbocycles. The van der Waals surface area contributed by atoms with Crippen LogP contribution in [-0.2, 0) is 11.3 Å². The fourth-order valence-electron chi connectivity index (χ4n) is 1.09. The minimum Gasteiger partial charge on any atom is -0.467 e. The van der Waals surface area contributed by atoms with Gasteiger partial charge < -0.3 is 15.2 Å². The van der Waals surface area contributed by atoms with Crippen molar-refractivity contribution >= 4 is 5.69 Å². The largest absolute Gasteiger partial charge is 0.467 e. The molecule has 3 nitrogen and oxygen atoms in total. The zero-order valence-corrected chi connectivity index (χ0v) is 5.96. The third kappa shape index (κ3) is 1.14. The summed E-state index contributed by atoms with van der Waals surface area (Å²) < 4.78 is 10.2. The molecule has 0 bridgehead atoms. The molecule has 1 aliphatic rings. The van der Waals surface area contributed by atoms with E-state index >= 15 is 0 Å². The highest BCUT2D eigenvalue weighted by molar-refractivity contribution is 5.45. The van der Waals surface area contributed by atoms with E-state index in [4.69, 9.17) is 15.2 Å². The maximum Gasteiger partial charge on any atom is 0.189 e. The van der Waals surface area contributed by atoms with Gasteiger partial charge in [0.05, 0.1) is 12.3 Å². The maximum atomic E-state index is 7.32. The maximum absolute atomic E-state index is 7.32. The Morgan fingerprint density at radius 2 is 2.27 bits per heavy atom. The summed E-state index contributed by atoms with van der Waals surface area (Å²) in [4.78, 5) is 0. The first kappa shape index (κ1) is 6.49. The second kappa shape index (κ2) is 2.43. The van der Waals surface area contributed by atoms with Gasteiger partial charge in [-0.2, -0.15) is 0 Å². The van der Waals surface area contributed by atoms with E-state index in [0.717, 1.165) is 11.3 Å². The molecule has 1 aliphatic heterocycles. The first-order valence-corrected chi connectivity index (χ1v) is 3.41. The molecule has 0 spiro atoms. The third-order valence-electron chi connectivity index (χ3n) is 1.62. The van der Waals surface area contributed by atoms with E-state index < -0.39 is 0 Å². The topological polar surface area (TPSA) is 42.3 Å². The molecule has 1 heterocycles. The first-order valence-electron chi connectivity index (χ1n) is 3.41. The molecule has 2 rings (SSSR count). The molecule has 1 aromatic carbocycles. The Labute approximate surface area is 64.7 Å². The van der Waals surface area contributed by atoms with Crippen molar-refractivity contribution in [3.63, 3.8) is 0 Å². The molecular formula is C8H8NO2. The number of rotatable bonds is 0. The molecule has 1 radical (unpaired) electrons. The van der Waals surface area contributed by atoms with Gasteiger partial charge in [-0.05, 0) is 18.2 Å². The van der Waals surface area contributed by atoms with Crippen molar-refractivity contribution in [2.45, 2.75) is 6.61 Å². The van der Waals surface area contributed by atoms with Crippen LogP contribution in [0.1, 0.15) is 5.56 Å². The van der Waals surface area contributed by atoms with Crippen LogP contribution in [0.4, 0.5) is 5.69 Å². The Morgan fingerprint density at radius 3 is 3.18 bits per heavy atom. The smallest absolute Gasteiger partial charge is 0.189 e. The number of nitrogens with one attached hydrogen (secondary N) is 1. The van der Waals surface area contributed by atoms with Crippen LogP contribution in [0.25, 0.3) is 0 Å². The van der Waals surface area contributed by atoms with Crippen molar-refractivity contribution in [3.8, 4) is 5.75 Å². The molecule has 1 aromatic rings. The Balaban J connectivity index is 2.43. The normalized spacial score (nSPS) is 15.3. The Hall–Kier alpha value is -1.22. The van der Waals surface area contributed by atoms with Crippen molar-refractivity contribution < 1.29 is 9.47 Å². The average Bonchev–Trinajstić information content (AvgIpc) is 2.04. The fraction of sp³-hybridized carbons (Fsp3) is 0.250. The van der Waals surface area contributed by atoms with Crippen molar-refractivity contribution in [1.29, 1.82) is 0 Å². The lowest BCUT2D eigenvalue weighted by atomic mass is 10.2. The molecule has 0 aliphatic carbocycles. The molecular weight excluding hydrogens is 142 g/mol. The van der Waals surface area contributed by atoms with Gasteiger partial charge in [-0.3, -0.25) is 0 Å². The zero-order valence-electron chi connectivity index (χ0n) is 5.96. The lowest BCUT2D eigenvalue weighted by Crippen LogP contribution is -2.10. The fourth-order valence-corrected chi connectivity index (χ4v) is 1.09. The summed E-state index contributed by atoms with van der Waals surface area (Å²) >= 11 is 0. The van der Waals surface area contributed by atoms with Gasteiger partial charge in [0.1, 0.15) is 5.75 Å². The molecule has 0 saturated heterocycles. The van der Waals surface area contributed by atoms with Gasteiger partial charge >= 0.3 is 0 Å². The van der Waals surface area contributed by atoms with Gasteiger partial charge in [0.15, 0.2) is 6.79 Å². The van der Waals surface area contributed by atoms with E-state index in [-0.39, 0.29) is 0 Å². The molecule has 11 heavy (non-hydrogen) atoms. The number of ether oxygens (including phenoxy) is 2. The summed E-state index contributed by atoms with van der Waals surface area (Å²) in [6.45, 7) is 0.881. The van der Waals surface area contributed by atoms with Crippen LogP contribution in [0, 0.1) is 0 Å². The highest BCUT2D eigenvalue weighted by Crippen LogP contribution is 2.25. The standard InChI is InChI=1S/C8H8NO2/c9-7-1-2-8-6(3-7)4-10-5-11-8/h1-3,9H,4-5H2. The molecule has 0 fully saturated rings. The first-order chi connectivity index (χ1) is 5.36. The van der Waals surface area contributed by atoms with Gasteiger partial charge in [-0.25, -0.2) is 0 Å². The van der Waals surface area contributed by atoms with Crippen LogP contribution >= 0.6 is 0 Å². The van der Waals surface area contributed by atoms with Crippen molar-refractivity contribution in [1.82, 2.24) is 5.73 Å². The number of benzene rings is 1. The van der Waals surface area contributed by atoms with E-state index in [1.165, 1.54) is 0 Å². The van der Waals surface area contributed by atoms with E-state index in [9.17, 15) is 0 Å². The zero-order chi connectivity index (χ0) is 7.68. The summed E-state index contributed by atoms with van der Waals surface area (Å²) in [6, 6.07) is 5.28. The van der Waals surface area contributed by atoms with Crippen molar-refractivity contribution in [3.05, 3.63) is 23.8 Å². The van der Waals surface area contributed by atoms with Crippen LogP contribution in [0.5, 0.6) is 5.75 Å². The summed E-state index contributed by atoms with van der Waals surface area (Å²) in [7, 11) is 0. The Bertz CT molecular complexity index is 273. The van der Waals surface area contributed by atoms with E-state index in [1.54, 1.807) is 18.2 Å². The molecule has 57 valence electrons. The van der Waals surface area contributed by atoms with Crippen LogP contribution in [0.2, 0.25) is 0 Å². The number of hydrogen-bond donors (Lipinski definition) is 0. The summed E-state index contributed by atoms with van der Waals surface area (Å²) in [5, 5.41) is 0. The van der Waals surface area contributed by atoms with Gasteiger partial charge in [-0.1, -0.05) is 0 Å². The van der Waals surface area contributed by atoms with Crippen LogP contribution in [0.3, 0.4) is 0 Å². The monoisotopic (exact) mass is 150 g/mol. The summed E-state index contributed by atoms with van der Waals surface area (Å²) in [5.41, 5.74) is 8.78. The molecule has 0 unspecified atom stereocenters. The molecule has 0 amide bonds. The molecule has 0 atom stereocenters. The second-order valence-corrected chi connectivity index (χ2v) is 2.43. The van der Waals surface area contributed by atoms with Crippen LogP contribution < -0.4 is 10.5 Å². The Morgan fingerprint density at radius 1 is 1.36 bits per heavy atom. The predicted molar refractivity (Wildman–Crippen MR) is 39.5 cm³/mol. The van der Waals surface area contributed by atoms with Gasteiger partial charge in [-0.15, -0.1) is 0 Å². The van der Waals surface area contributed by atoms with Gasteiger partial charge in [0.2, 0.25) is 0 Å². The van der Waals surface area contributed by atoms with E-state index in [1.807, 2.05) is 0 Å². The predicted octanol–water partition coefficient (Wildman–Crippen LogP) is 1.47. The van der Waals surface area contributed by atoms with Crippen LogP contribution in [0.15, 0.2) is 18.2 Å². The number of fused-ring (bicyclic) bond motifs is 1. The highest BCUT2D eigenvalue weighted by atomic mass is 16.7. The lowest BCUT2D eigenvalue weighted by Gasteiger charge is -2.17. The molecule has 3 heteroatoms. The third-order valence-corrected chi connectivity index (χ3v) is 1.62. The summed E-state index contributed by atoms with van der Waals surface area (Å²) in [5.74, 6) is 0.840. The SMILES string of the molecule is [NH]c1ccc2c(c1)COCO2. The molecule has 1 N–H and O–H groups in total. The number of hydrogen-bond acceptors (Lipinski definition) is 2. The Kier molecular flexibility index (Phi) is 1.43. The second-order valence-electron chi connectivity index (χ2n) is 2.43. The van der Waals surface area contributed by atoms with E-state index in [2.05, 4.69) is 0 Å². The minimum absolute atomic E-state index is 0.324. The average molecular weight is 150 g/mol. The lowest BCUT2D eigenvalue weighted by molar-refractivity contribution is -0.0163. The molecule has 0 aromatic heterocycles. The van der Waals surface area contributed by atoms with Gasteiger partial charge in [0.25, 0.3) is 0 Å². The van der Waals surface area contributed by atoms with E-state index in [0.29, 0.717) is 19.1 Å². The summed E-state index contributed by atoms with van der Waals surface area (Å²) in [6.07, 6.45) is 0. The highest BCUT2D eigenvalue weighted by Gasteiger charge is 2.09. The quantitative estimate of drug-likeness (QED) is 0.562. The minimum atomic E-state index is 0.324. The van der Waals surface area contributed by atoms with Crippen molar-refractivity contribution in [2.24, 2.45) is 0 Å².